The Morgan fingerprint density at radius 1 is 0.786 bits per heavy atom. The first-order valence-corrected chi connectivity index (χ1v) is 10.5. The minimum atomic E-state index is -0.405. The Labute approximate surface area is 168 Å². The average Bonchev–Trinajstić information content (AvgIpc) is 2.79. The molecule has 28 heavy (non-hydrogen) atoms. The number of piperidine rings is 1. The third-order valence-electron chi connectivity index (χ3n) is 6.34. The summed E-state index contributed by atoms with van der Waals surface area (Å²) in [5.41, 5.74) is 1.59. The highest BCUT2D eigenvalue weighted by molar-refractivity contribution is 6.04. The van der Waals surface area contributed by atoms with Crippen LogP contribution < -0.4 is 0 Å². The van der Waals surface area contributed by atoms with Crippen molar-refractivity contribution in [2.45, 2.75) is 18.3 Å². The highest BCUT2D eigenvalue weighted by atomic mass is 16.5. The molecule has 2 aromatic rings. The fourth-order valence-corrected chi connectivity index (χ4v) is 4.54. The topological polar surface area (TPSA) is 32.8 Å². The number of carbonyl (C=O) groups excluding carboxylic acids is 1. The molecule has 2 saturated heterocycles. The monoisotopic (exact) mass is 378 g/mol. The molecular weight excluding hydrogens is 348 g/mol. The molecule has 0 N–H and O–H groups in total. The van der Waals surface area contributed by atoms with E-state index in [-0.39, 0.29) is 5.78 Å². The van der Waals surface area contributed by atoms with Gasteiger partial charge in [-0.3, -0.25) is 9.69 Å². The van der Waals surface area contributed by atoms with E-state index in [1.165, 1.54) is 0 Å². The molecule has 0 saturated carbocycles. The molecule has 4 nitrogen and oxygen atoms in total. The predicted molar refractivity (Wildman–Crippen MR) is 112 cm³/mol. The summed E-state index contributed by atoms with van der Waals surface area (Å²) in [6, 6.07) is 20.2. The molecular formula is C24H30N2O2. The first kappa shape index (κ1) is 19.3. The van der Waals surface area contributed by atoms with Crippen molar-refractivity contribution >= 4 is 5.78 Å². The Bertz CT molecular complexity index is 749. The van der Waals surface area contributed by atoms with Crippen LogP contribution in [0.2, 0.25) is 0 Å². The quantitative estimate of drug-likeness (QED) is 0.723. The molecule has 148 valence electrons. The maximum Gasteiger partial charge on any atom is 0.173 e. The number of Topliss-reactive ketones (excluding diaryl/α,β-unsaturated/α-hetero) is 1. The Balaban J connectivity index is 1.47. The molecule has 2 aromatic carbocycles. The SMILES string of the molecule is O=C(c1ccccc1)C1(c2ccccc2)CCN(CCN2CCOCC2)CC1. The van der Waals surface area contributed by atoms with Crippen LogP contribution in [-0.4, -0.2) is 68.1 Å². The molecule has 2 aliphatic rings. The second kappa shape index (κ2) is 8.99. The van der Waals surface area contributed by atoms with Crippen LogP contribution in [0.3, 0.4) is 0 Å². The van der Waals surface area contributed by atoms with E-state index in [0.29, 0.717) is 0 Å². The molecule has 0 bridgehead atoms. The standard InChI is InChI=1S/C24H30N2O2/c27-23(21-7-3-1-4-8-21)24(22-9-5-2-6-10-22)11-13-25(14-12-24)15-16-26-17-19-28-20-18-26/h1-10H,11-20H2. The van der Waals surface area contributed by atoms with Gasteiger partial charge in [0, 0.05) is 31.7 Å². The third kappa shape index (κ3) is 4.19. The zero-order valence-corrected chi connectivity index (χ0v) is 16.6. The molecule has 4 rings (SSSR count). The summed E-state index contributed by atoms with van der Waals surface area (Å²) in [7, 11) is 0. The third-order valence-corrected chi connectivity index (χ3v) is 6.34. The van der Waals surface area contributed by atoms with Gasteiger partial charge < -0.3 is 9.64 Å². The van der Waals surface area contributed by atoms with Gasteiger partial charge in [0.05, 0.1) is 18.6 Å². The lowest BCUT2D eigenvalue weighted by Gasteiger charge is -2.42. The van der Waals surface area contributed by atoms with E-state index in [1.54, 1.807) is 0 Å². The van der Waals surface area contributed by atoms with E-state index in [4.69, 9.17) is 4.74 Å². The van der Waals surface area contributed by atoms with Crippen molar-refractivity contribution in [2.75, 3.05) is 52.5 Å². The van der Waals surface area contributed by atoms with E-state index in [0.717, 1.165) is 76.5 Å². The van der Waals surface area contributed by atoms with Crippen LogP contribution in [0.25, 0.3) is 0 Å². The molecule has 0 amide bonds. The summed E-state index contributed by atoms with van der Waals surface area (Å²) in [6.07, 6.45) is 1.77. The van der Waals surface area contributed by atoms with Gasteiger partial charge >= 0.3 is 0 Å². The molecule has 0 spiro atoms. The van der Waals surface area contributed by atoms with Crippen LogP contribution in [0.4, 0.5) is 0 Å². The fraction of sp³-hybridized carbons (Fsp3) is 0.458. The van der Waals surface area contributed by atoms with Crippen molar-refractivity contribution in [3.63, 3.8) is 0 Å². The van der Waals surface area contributed by atoms with Crippen molar-refractivity contribution in [3.05, 3.63) is 71.8 Å². The number of hydrogen-bond donors (Lipinski definition) is 0. The van der Waals surface area contributed by atoms with E-state index in [2.05, 4.69) is 34.1 Å². The largest absolute Gasteiger partial charge is 0.379 e. The van der Waals surface area contributed by atoms with Crippen molar-refractivity contribution in [1.29, 1.82) is 0 Å². The number of ether oxygens (including phenoxy) is 1. The minimum absolute atomic E-state index is 0.270. The summed E-state index contributed by atoms with van der Waals surface area (Å²) in [5.74, 6) is 0.270. The normalized spacial score (nSPS) is 20.7. The van der Waals surface area contributed by atoms with Crippen molar-refractivity contribution in [2.24, 2.45) is 0 Å². The maximum atomic E-state index is 13.6. The number of hydrogen-bond acceptors (Lipinski definition) is 4. The minimum Gasteiger partial charge on any atom is -0.379 e. The van der Waals surface area contributed by atoms with E-state index in [9.17, 15) is 4.79 Å². The highest BCUT2D eigenvalue weighted by Gasteiger charge is 2.42. The number of morpholine rings is 1. The van der Waals surface area contributed by atoms with Crippen LogP contribution in [0.5, 0.6) is 0 Å². The Morgan fingerprint density at radius 3 is 1.93 bits per heavy atom. The highest BCUT2D eigenvalue weighted by Crippen LogP contribution is 2.38. The molecule has 0 aromatic heterocycles. The molecule has 0 radical (unpaired) electrons. The van der Waals surface area contributed by atoms with Crippen LogP contribution in [0.1, 0.15) is 28.8 Å². The lowest BCUT2D eigenvalue weighted by Crippen LogP contribution is -2.49. The van der Waals surface area contributed by atoms with Gasteiger partial charge in [-0.15, -0.1) is 0 Å². The van der Waals surface area contributed by atoms with E-state index < -0.39 is 5.41 Å². The summed E-state index contributed by atoms with van der Waals surface area (Å²) < 4.78 is 5.44. The summed E-state index contributed by atoms with van der Waals surface area (Å²) >= 11 is 0. The summed E-state index contributed by atoms with van der Waals surface area (Å²) in [6.45, 7) is 7.88. The second-order valence-electron chi connectivity index (χ2n) is 7.94. The number of nitrogens with zero attached hydrogens (tertiary/aromatic N) is 2. The molecule has 4 heteroatoms. The van der Waals surface area contributed by atoms with Gasteiger partial charge in [0.25, 0.3) is 0 Å². The molecule has 2 heterocycles. The van der Waals surface area contributed by atoms with E-state index in [1.807, 2.05) is 36.4 Å². The lowest BCUT2D eigenvalue weighted by molar-refractivity contribution is 0.0305. The number of rotatable bonds is 6. The van der Waals surface area contributed by atoms with Crippen LogP contribution in [0.15, 0.2) is 60.7 Å². The van der Waals surface area contributed by atoms with Gasteiger partial charge in [-0.25, -0.2) is 0 Å². The number of benzene rings is 2. The van der Waals surface area contributed by atoms with Gasteiger partial charge in [0.2, 0.25) is 0 Å². The van der Waals surface area contributed by atoms with Crippen LogP contribution in [0, 0.1) is 0 Å². The van der Waals surface area contributed by atoms with Crippen molar-refractivity contribution in [3.8, 4) is 0 Å². The van der Waals surface area contributed by atoms with Gasteiger partial charge in [-0.2, -0.15) is 0 Å². The van der Waals surface area contributed by atoms with Crippen molar-refractivity contribution < 1.29 is 9.53 Å². The second-order valence-corrected chi connectivity index (χ2v) is 7.94. The molecule has 0 atom stereocenters. The summed E-state index contributed by atoms with van der Waals surface area (Å²) in [5, 5.41) is 0. The Hall–Kier alpha value is -2.01. The molecule has 0 unspecified atom stereocenters. The smallest absolute Gasteiger partial charge is 0.173 e. The fourth-order valence-electron chi connectivity index (χ4n) is 4.54. The average molecular weight is 379 g/mol. The molecule has 0 aliphatic carbocycles. The summed E-state index contributed by atoms with van der Waals surface area (Å²) in [4.78, 5) is 18.6. The Kier molecular flexibility index (Phi) is 6.20. The van der Waals surface area contributed by atoms with E-state index >= 15 is 0 Å². The number of likely N-dealkylation sites (tertiary alicyclic amines) is 1. The molecule has 2 aliphatic heterocycles. The number of ketones is 1. The maximum absolute atomic E-state index is 13.6. The van der Waals surface area contributed by atoms with Gasteiger partial charge in [-0.1, -0.05) is 60.7 Å². The Morgan fingerprint density at radius 2 is 1.32 bits per heavy atom. The van der Waals surface area contributed by atoms with Gasteiger partial charge in [0.1, 0.15) is 0 Å². The van der Waals surface area contributed by atoms with Crippen LogP contribution in [-0.2, 0) is 10.2 Å². The predicted octanol–water partition coefficient (Wildman–Crippen LogP) is 3.24. The zero-order valence-electron chi connectivity index (χ0n) is 16.6. The van der Waals surface area contributed by atoms with Gasteiger partial charge in [-0.05, 0) is 31.5 Å². The zero-order chi connectivity index (χ0) is 19.2. The van der Waals surface area contributed by atoms with Crippen molar-refractivity contribution in [1.82, 2.24) is 9.80 Å². The van der Waals surface area contributed by atoms with Crippen LogP contribution >= 0.6 is 0 Å². The van der Waals surface area contributed by atoms with Gasteiger partial charge in [0.15, 0.2) is 5.78 Å². The molecule has 2 fully saturated rings. The first-order valence-electron chi connectivity index (χ1n) is 10.5. The lowest BCUT2D eigenvalue weighted by atomic mass is 9.68. The number of carbonyl (C=O) groups is 1. The first-order chi connectivity index (χ1) is 13.8.